The van der Waals surface area contributed by atoms with Crippen LogP contribution < -0.4 is 15.4 Å². The Morgan fingerprint density at radius 1 is 0.841 bits per heavy atom. The number of ketones is 2. The van der Waals surface area contributed by atoms with Crippen molar-refractivity contribution >= 4 is 85.7 Å². The topological polar surface area (TPSA) is 262 Å². The summed E-state index contributed by atoms with van der Waals surface area (Å²) in [5.41, 5.74) is 1.64. The molecule has 0 bridgehead atoms. The summed E-state index contributed by atoms with van der Waals surface area (Å²) in [6, 6.07) is 3.08. The molecule has 0 spiro atoms. The number of aliphatic hydroxyl groups excluding tert-OH is 1. The standard InChI is InChI=1S/C62H86N6O12S2/c1-35-36(2)54(74)52(37(3)53(35)73)60(4,5)33-51(72)67(8)29-30-68(59(79)80-41-19-22-45-48(32-41)82-56(65-45)55-66-47(34-81-55)58(77)78)28-12-16-49(70)63-27-10-9-14-46(57(75)76)64-50(71)15-11-13-38-18-21-43-42-20-17-39-31-40(69)23-25-62(39,7)44(42)24-26-61(38,43)6/h19,22,32,38-40,42-44,46-47,69H,9-18,20-21,23-31,33-34H2,1-8H3,(H,63,70)(H,64,71)(H,75,76)(H,77,78)/t38-,39+,40+,42-,43?,44?,46?,47?,61+,62-/m0/s1. The van der Waals surface area contributed by atoms with Crippen molar-refractivity contribution in [3.05, 3.63) is 45.5 Å². The monoisotopic (exact) mass is 1170 g/mol. The number of allylic oxidation sites excluding steroid dienone is 4. The van der Waals surface area contributed by atoms with E-state index in [0.717, 1.165) is 43.9 Å². The van der Waals surface area contributed by atoms with Crippen molar-refractivity contribution in [2.75, 3.05) is 39.0 Å². The molecule has 1 aromatic heterocycles. The molecular weight excluding hydrogens is 1080 g/mol. The van der Waals surface area contributed by atoms with Crippen LogP contribution in [0, 0.1) is 45.8 Å². The van der Waals surface area contributed by atoms with Gasteiger partial charge >= 0.3 is 18.0 Å². The number of carboxylic acid groups (broad SMARTS) is 2. The number of hydrogen-bond acceptors (Lipinski definition) is 14. The Hall–Kier alpha value is -5.47. The van der Waals surface area contributed by atoms with Crippen molar-refractivity contribution in [2.45, 2.75) is 182 Å². The number of rotatable bonds is 24. The van der Waals surface area contributed by atoms with Crippen molar-refractivity contribution < 1.29 is 58.4 Å². The van der Waals surface area contributed by atoms with E-state index in [1.165, 1.54) is 71.4 Å². The highest BCUT2D eigenvalue weighted by Crippen LogP contribution is 2.68. The van der Waals surface area contributed by atoms with Crippen LogP contribution >= 0.6 is 23.1 Å². The summed E-state index contributed by atoms with van der Waals surface area (Å²) >= 11 is 2.61. The number of fused-ring (bicyclic) bond motifs is 6. The molecular formula is C62H86N6O12S2. The number of carbonyl (C=O) groups is 8. The highest BCUT2D eigenvalue weighted by Gasteiger charge is 2.60. The first kappa shape index (κ1) is 62.6. The van der Waals surface area contributed by atoms with Crippen molar-refractivity contribution in [1.29, 1.82) is 0 Å². The second-order valence-corrected chi connectivity index (χ2v) is 27.6. The van der Waals surface area contributed by atoms with Crippen LogP contribution in [0.1, 0.15) is 169 Å². The Labute approximate surface area is 490 Å². The number of carbonyl (C=O) groups excluding carboxylic acids is 6. The van der Waals surface area contributed by atoms with Crippen LogP contribution in [-0.2, 0) is 33.6 Å². The number of ether oxygens (including phenoxy) is 1. The number of carboxylic acids is 2. The van der Waals surface area contributed by atoms with E-state index in [4.69, 9.17) is 4.74 Å². The Bertz CT molecular complexity index is 2910. The van der Waals surface area contributed by atoms with Crippen LogP contribution in [0.3, 0.4) is 0 Å². The molecule has 8 rings (SSSR count). The minimum absolute atomic E-state index is 0.0361. The fourth-order valence-electron chi connectivity index (χ4n) is 15.1. The zero-order valence-corrected chi connectivity index (χ0v) is 50.9. The van der Waals surface area contributed by atoms with Gasteiger partial charge in [-0.1, -0.05) is 27.7 Å². The van der Waals surface area contributed by atoms with Crippen molar-refractivity contribution in [1.82, 2.24) is 25.4 Å². The van der Waals surface area contributed by atoms with Crippen LogP contribution in [0.15, 0.2) is 45.5 Å². The lowest BCUT2D eigenvalue weighted by Gasteiger charge is -2.61. The van der Waals surface area contributed by atoms with E-state index >= 15 is 0 Å². The van der Waals surface area contributed by atoms with E-state index in [1.807, 2.05) is 0 Å². The van der Waals surface area contributed by atoms with Gasteiger partial charge in [-0.05, 0) is 170 Å². The number of nitrogens with zero attached hydrogens (tertiary/aromatic N) is 4. The number of thioether (sulfide) groups is 1. The van der Waals surface area contributed by atoms with E-state index < -0.39 is 35.5 Å². The Kier molecular flexibility index (Phi) is 20.0. The predicted octanol–water partition coefficient (Wildman–Crippen LogP) is 9.55. The molecule has 4 saturated carbocycles. The second-order valence-electron chi connectivity index (χ2n) is 25.6. The quantitative estimate of drug-likeness (QED) is 0.0484. The van der Waals surface area contributed by atoms with Gasteiger partial charge in [0.15, 0.2) is 17.6 Å². The number of amides is 4. The summed E-state index contributed by atoms with van der Waals surface area (Å²) in [6.45, 7) is 13.9. The summed E-state index contributed by atoms with van der Waals surface area (Å²) in [5, 5.41) is 36.6. The third-order valence-corrected chi connectivity index (χ3v) is 22.2. The van der Waals surface area contributed by atoms with Gasteiger partial charge in [-0.3, -0.25) is 29.0 Å². The van der Waals surface area contributed by atoms with Crippen LogP contribution in [0.5, 0.6) is 5.75 Å². The number of aliphatic imine (C=N–C) groups is 1. The molecule has 10 atom stereocenters. The molecule has 448 valence electrons. The summed E-state index contributed by atoms with van der Waals surface area (Å²) in [7, 11) is 1.60. The fraction of sp³-hybridized carbons (Fsp3) is 0.677. The molecule has 0 radical (unpaired) electrons. The minimum atomic E-state index is -1.09. The van der Waals surface area contributed by atoms with Gasteiger partial charge in [0.1, 0.15) is 21.8 Å². The number of aromatic nitrogens is 1. The zero-order valence-electron chi connectivity index (χ0n) is 49.2. The van der Waals surface area contributed by atoms with Gasteiger partial charge in [-0.15, -0.1) is 23.1 Å². The fourth-order valence-corrected chi connectivity index (χ4v) is 17.2. The van der Waals surface area contributed by atoms with E-state index in [1.54, 1.807) is 59.9 Å². The molecule has 4 amide bonds. The molecule has 6 aliphatic rings. The molecule has 5 N–H and O–H groups in total. The Balaban J connectivity index is 0.787. The van der Waals surface area contributed by atoms with Gasteiger partial charge in [0.05, 0.1) is 16.3 Å². The number of benzene rings is 1. The van der Waals surface area contributed by atoms with Crippen molar-refractivity contribution in [3.8, 4) is 5.75 Å². The number of likely N-dealkylation sites (N-methyl/N-ethyl adjacent to an activating group) is 1. The third-order valence-electron chi connectivity index (χ3n) is 20.0. The van der Waals surface area contributed by atoms with Crippen molar-refractivity contribution in [2.24, 2.45) is 50.8 Å². The lowest BCUT2D eigenvalue weighted by Crippen LogP contribution is -2.53. The van der Waals surface area contributed by atoms with Crippen LogP contribution in [0.25, 0.3) is 10.2 Å². The largest absolute Gasteiger partial charge is 0.480 e. The summed E-state index contributed by atoms with van der Waals surface area (Å²) in [4.78, 5) is 116. The van der Waals surface area contributed by atoms with E-state index in [9.17, 15) is 53.7 Å². The average molecular weight is 1170 g/mol. The first-order chi connectivity index (χ1) is 38.8. The molecule has 82 heavy (non-hydrogen) atoms. The van der Waals surface area contributed by atoms with E-state index in [0.29, 0.717) is 90.9 Å². The molecule has 5 aliphatic carbocycles. The zero-order chi connectivity index (χ0) is 59.4. The Morgan fingerprint density at radius 3 is 2.29 bits per heavy atom. The number of thiazole rings is 1. The van der Waals surface area contributed by atoms with Gasteiger partial charge in [0, 0.05) is 92.0 Å². The van der Waals surface area contributed by atoms with Gasteiger partial charge in [-0.25, -0.2) is 19.4 Å². The minimum Gasteiger partial charge on any atom is -0.480 e. The number of unbranched alkanes of at least 4 members (excludes halogenated alkanes) is 1. The molecule has 2 aromatic rings. The normalized spacial score (nSPS) is 27.5. The summed E-state index contributed by atoms with van der Waals surface area (Å²) in [5.74, 6) is 0.534. The molecule has 2 heterocycles. The maximum atomic E-state index is 13.9. The van der Waals surface area contributed by atoms with Gasteiger partial charge in [0.25, 0.3) is 0 Å². The maximum Gasteiger partial charge on any atom is 0.415 e. The average Bonchev–Trinajstić information content (AvgIpc) is 4.40. The highest BCUT2D eigenvalue weighted by molar-refractivity contribution is 8.15. The number of aliphatic carboxylic acids is 2. The molecule has 0 saturated heterocycles. The molecule has 1 aromatic carbocycles. The molecule has 4 fully saturated rings. The third kappa shape index (κ3) is 13.9. The van der Waals surface area contributed by atoms with Gasteiger partial charge in [-0.2, -0.15) is 0 Å². The first-order valence-corrected chi connectivity index (χ1v) is 31.6. The lowest BCUT2D eigenvalue weighted by molar-refractivity contribution is -0.142. The lowest BCUT2D eigenvalue weighted by atomic mass is 9.44. The number of aliphatic hydroxyl groups is 1. The molecule has 18 nitrogen and oxygen atoms in total. The van der Waals surface area contributed by atoms with Crippen LogP contribution in [0.4, 0.5) is 4.79 Å². The maximum absolute atomic E-state index is 13.9. The van der Waals surface area contributed by atoms with Crippen LogP contribution in [-0.4, -0.2) is 140 Å². The molecule has 1 aliphatic heterocycles. The number of nitrogens with one attached hydrogen (secondary N) is 2. The van der Waals surface area contributed by atoms with Crippen LogP contribution in [0.2, 0.25) is 0 Å². The SMILES string of the molecule is CC1=C(C)C(=O)C(C(C)(C)CC(=O)N(C)CCN(CCCC(=O)NCCCCC(NC(=O)CCC[C@H]2CCC3[C@@H]4CC[C@@H]5C[C@H](O)CC[C@]5(C)C4CC[C@@]32C)C(=O)O)C(=O)Oc2ccc3nc(C4=NC(C(=O)O)CS4)sc3c2)=C(C)C1=O. The smallest absolute Gasteiger partial charge is 0.415 e. The molecule has 20 heteroatoms. The second kappa shape index (κ2) is 26.2. The Morgan fingerprint density at radius 2 is 1.56 bits per heavy atom. The van der Waals surface area contributed by atoms with Gasteiger partial charge < -0.3 is 40.5 Å². The number of Topliss-reactive ketones (excluding diaryl/α,β-unsaturated/α-hetero) is 2. The molecule has 4 unspecified atom stereocenters. The van der Waals surface area contributed by atoms with E-state index in [2.05, 4.69) is 34.5 Å². The highest BCUT2D eigenvalue weighted by atomic mass is 32.2. The predicted molar refractivity (Wildman–Crippen MR) is 315 cm³/mol. The van der Waals surface area contributed by atoms with Gasteiger partial charge in [0.2, 0.25) is 17.7 Å². The van der Waals surface area contributed by atoms with Crippen molar-refractivity contribution in [3.63, 3.8) is 0 Å². The summed E-state index contributed by atoms with van der Waals surface area (Å²) < 4.78 is 6.56. The number of hydrogen-bond donors (Lipinski definition) is 5. The first-order valence-electron chi connectivity index (χ1n) is 29.8. The summed E-state index contributed by atoms with van der Waals surface area (Å²) in [6.07, 6.45) is 13.0. The van der Waals surface area contributed by atoms with E-state index in [-0.39, 0.29) is 98.3 Å².